The van der Waals surface area contributed by atoms with Crippen molar-refractivity contribution in [2.24, 2.45) is 0 Å². The summed E-state index contributed by atoms with van der Waals surface area (Å²) in [6.45, 7) is 0. The Morgan fingerprint density at radius 1 is 1.62 bits per heavy atom. The van der Waals surface area contributed by atoms with Gasteiger partial charge in [-0.25, -0.2) is 0 Å². The summed E-state index contributed by atoms with van der Waals surface area (Å²) >= 11 is 0. The maximum atomic E-state index is 10.5. The van der Waals surface area contributed by atoms with Gasteiger partial charge < -0.3 is 4.79 Å². The lowest BCUT2D eigenvalue weighted by molar-refractivity contribution is -0.108. The average molecular weight is 175 g/mol. The van der Waals surface area contributed by atoms with Crippen LogP contribution in [-0.4, -0.2) is 11.3 Å². The minimum absolute atomic E-state index is 0.426. The van der Waals surface area contributed by atoms with Crippen molar-refractivity contribution in [2.75, 3.05) is 0 Å². The van der Waals surface area contributed by atoms with Gasteiger partial charge in [0.15, 0.2) is 0 Å². The van der Waals surface area contributed by atoms with E-state index in [2.05, 4.69) is 11.1 Å². The molecule has 1 unspecified atom stereocenters. The highest BCUT2D eigenvalue weighted by Crippen LogP contribution is 2.31. The first-order chi connectivity index (χ1) is 6.42. The summed E-state index contributed by atoms with van der Waals surface area (Å²) in [7, 11) is 0. The van der Waals surface area contributed by atoms with Crippen molar-refractivity contribution < 1.29 is 4.79 Å². The van der Waals surface area contributed by atoms with E-state index in [1.165, 1.54) is 17.7 Å². The third-order valence-electron chi connectivity index (χ3n) is 2.71. The summed E-state index contributed by atoms with van der Waals surface area (Å²) in [5.41, 5.74) is 2.49. The van der Waals surface area contributed by atoms with Gasteiger partial charge in [0.2, 0.25) is 0 Å². The predicted octanol–water partition coefficient (Wildman–Crippen LogP) is 2.09. The third kappa shape index (κ3) is 1.62. The van der Waals surface area contributed by atoms with Crippen LogP contribution in [0.3, 0.4) is 0 Å². The van der Waals surface area contributed by atoms with Gasteiger partial charge in [0.25, 0.3) is 0 Å². The van der Waals surface area contributed by atoms with Crippen LogP contribution in [-0.2, 0) is 11.2 Å². The van der Waals surface area contributed by atoms with Crippen LogP contribution < -0.4 is 0 Å². The summed E-state index contributed by atoms with van der Waals surface area (Å²) in [6, 6.07) is 4.07. The topological polar surface area (TPSA) is 30.0 Å². The molecule has 68 valence electrons. The number of aldehydes is 1. The summed E-state index contributed by atoms with van der Waals surface area (Å²) in [6.07, 6.45) is 6.89. The number of carbonyl (C=O) groups is 1. The van der Waals surface area contributed by atoms with Crippen LogP contribution in [0.5, 0.6) is 0 Å². The van der Waals surface area contributed by atoms with E-state index in [1.54, 1.807) is 0 Å². The van der Waals surface area contributed by atoms with Gasteiger partial charge in [-0.05, 0) is 36.8 Å². The highest BCUT2D eigenvalue weighted by molar-refractivity contribution is 5.52. The smallest absolute Gasteiger partial charge is 0.120 e. The van der Waals surface area contributed by atoms with Crippen molar-refractivity contribution in [3.8, 4) is 0 Å². The molecule has 0 aliphatic heterocycles. The lowest BCUT2D eigenvalue weighted by atomic mass is 9.84. The molecule has 0 spiro atoms. The quantitative estimate of drug-likeness (QED) is 0.644. The van der Waals surface area contributed by atoms with E-state index in [0.717, 1.165) is 19.1 Å². The van der Waals surface area contributed by atoms with Crippen molar-refractivity contribution in [3.63, 3.8) is 0 Å². The number of nitrogens with zero attached hydrogens (tertiary/aromatic N) is 1. The standard InChI is InChI=1S/C11H13NO/c13-8-6-9-3-1-5-11-10(9)4-2-7-12-11/h2,4,7-9H,1,3,5-6H2. The molecule has 0 saturated heterocycles. The number of aryl methyl sites for hydroxylation is 1. The van der Waals surface area contributed by atoms with Gasteiger partial charge in [-0.2, -0.15) is 0 Å². The number of hydrogen-bond acceptors (Lipinski definition) is 2. The number of aromatic nitrogens is 1. The number of fused-ring (bicyclic) bond motifs is 1. The van der Waals surface area contributed by atoms with E-state index in [-0.39, 0.29) is 0 Å². The number of pyridine rings is 1. The second-order valence-electron chi connectivity index (χ2n) is 3.53. The van der Waals surface area contributed by atoms with Crippen LogP contribution in [0.4, 0.5) is 0 Å². The van der Waals surface area contributed by atoms with Crippen LogP contribution in [0.25, 0.3) is 0 Å². The van der Waals surface area contributed by atoms with Gasteiger partial charge in [-0.15, -0.1) is 0 Å². The molecule has 0 bridgehead atoms. The Kier molecular flexibility index (Phi) is 2.39. The Labute approximate surface area is 78.0 Å². The average Bonchev–Trinajstić information content (AvgIpc) is 2.19. The van der Waals surface area contributed by atoms with Crippen molar-refractivity contribution >= 4 is 6.29 Å². The minimum Gasteiger partial charge on any atom is -0.303 e. The number of carbonyl (C=O) groups excluding carboxylic acids is 1. The van der Waals surface area contributed by atoms with Crippen LogP contribution >= 0.6 is 0 Å². The molecule has 1 aromatic rings. The van der Waals surface area contributed by atoms with Crippen LogP contribution in [0, 0.1) is 0 Å². The van der Waals surface area contributed by atoms with Crippen molar-refractivity contribution in [2.45, 2.75) is 31.6 Å². The Hall–Kier alpha value is -1.18. The normalized spacial score (nSPS) is 20.8. The zero-order valence-electron chi connectivity index (χ0n) is 7.57. The Morgan fingerprint density at radius 2 is 2.54 bits per heavy atom. The zero-order chi connectivity index (χ0) is 9.10. The maximum absolute atomic E-state index is 10.5. The SMILES string of the molecule is O=CCC1CCCc2ncccc21. The molecule has 1 aliphatic carbocycles. The summed E-state index contributed by atoms with van der Waals surface area (Å²) in [5.74, 6) is 0.426. The summed E-state index contributed by atoms with van der Waals surface area (Å²) < 4.78 is 0. The third-order valence-corrected chi connectivity index (χ3v) is 2.71. The van der Waals surface area contributed by atoms with E-state index in [1.807, 2.05) is 12.3 Å². The molecular weight excluding hydrogens is 162 g/mol. The predicted molar refractivity (Wildman–Crippen MR) is 50.6 cm³/mol. The fourth-order valence-corrected chi connectivity index (χ4v) is 2.06. The molecule has 1 aliphatic rings. The largest absolute Gasteiger partial charge is 0.303 e. The molecule has 0 amide bonds. The van der Waals surface area contributed by atoms with Crippen molar-refractivity contribution in [3.05, 3.63) is 29.6 Å². The lowest BCUT2D eigenvalue weighted by Gasteiger charge is -2.22. The van der Waals surface area contributed by atoms with E-state index in [0.29, 0.717) is 12.3 Å². The fourth-order valence-electron chi connectivity index (χ4n) is 2.06. The summed E-state index contributed by atoms with van der Waals surface area (Å²) in [5, 5.41) is 0. The van der Waals surface area contributed by atoms with E-state index >= 15 is 0 Å². The van der Waals surface area contributed by atoms with Crippen LogP contribution in [0.1, 0.15) is 36.4 Å². The van der Waals surface area contributed by atoms with Crippen LogP contribution in [0.2, 0.25) is 0 Å². The lowest BCUT2D eigenvalue weighted by Crippen LogP contribution is -2.11. The first-order valence-corrected chi connectivity index (χ1v) is 4.79. The monoisotopic (exact) mass is 175 g/mol. The molecule has 2 nitrogen and oxygen atoms in total. The minimum atomic E-state index is 0.426. The van der Waals surface area contributed by atoms with E-state index in [4.69, 9.17) is 0 Å². The molecule has 2 heteroatoms. The second-order valence-corrected chi connectivity index (χ2v) is 3.53. The number of hydrogen-bond donors (Lipinski definition) is 0. The molecule has 0 radical (unpaired) electrons. The van der Waals surface area contributed by atoms with Crippen LogP contribution in [0.15, 0.2) is 18.3 Å². The molecule has 0 saturated carbocycles. The molecule has 13 heavy (non-hydrogen) atoms. The second kappa shape index (κ2) is 3.69. The maximum Gasteiger partial charge on any atom is 0.120 e. The molecule has 1 heterocycles. The molecule has 2 rings (SSSR count). The van der Waals surface area contributed by atoms with E-state index < -0.39 is 0 Å². The van der Waals surface area contributed by atoms with Gasteiger partial charge in [0.05, 0.1) is 0 Å². The first kappa shape index (κ1) is 8.42. The van der Waals surface area contributed by atoms with Gasteiger partial charge in [-0.1, -0.05) is 6.07 Å². The molecule has 1 atom stereocenters. The van der Waals surface area contributed by atoms with Gasteiger partial charge in [0.1, 0.15) is 6.29 Å². The van der Waals surface area contributed by atoms with Gasteiger partial charge in [-0.3, -0.25) is 4.98 Å². The summed E-state index contributed by atoms with van der Waals surface area (Å²) in [4.78, 5) is 14.8. The fraction of sp³-hybridized carbons (Fsp3) is 0.455. The number of rotatable bonds is 2. The Morgan fingerprint density at radius 3 is 3.38 bits per heavy atom. The molecule has 1 aromatic heterocycles. The highest BCUT2D eigenvalue weighted by Gasteiger charge is 2.19. The van der Waals surface area contributed by atoms with E-state index in [9.17, 15) is 4.79 Å². The molecular formula is C11H13NO. The van der Waals surface area contributed by atoms with Crippen molar-refractivity contribution in [1.82, 2.24) is 4.98 Å². The van der Waals surface area contributed by atoms with Crippen molar-refractivity contribution in [1.29, 1.82) is 0 Å². The zero-order valence-corrected chi connectivity index (χ0v) is 7.57. The first-order valence-electron chi connectivity index (χ1n) is 4.79. The van der Waals surface area contributed by atoms with Gasteiger partial charge >= 0.3 is 0 Å². The molecule has 0 N–H and O–H groups in total. The Balaban J connectivity index is 2.31. The molecule has 0 fully saturated rings. The van der Waals surface area contributed by atoms with Gasteiger partial charge in [0, 0.05) is 18.3 Å². The molecule has 0 aromatic carbocycles. The highest BCUT2D eigenvalue weighted by atomic mass is 16.1. The Bertz CT molecular complexity index is 309.